The van der Waals surface area contributed by atoms with Gasteiger partial charge in [-0.15, -0.1) is 0 Å². The minimum absolute atomic E-state index is 0.432. The number of methoxy groups -OCH3 is 1. The second-order valence-corrected chi connectivity index (χ2v) is 5.87. The van der Waals surface area contributed by atoms with Crippen LogP contribution in [0.1, 0.15) is 36.3 Å². The van der Waals surface area contributed by atoms with Gasteiger partial charge in [0.15, 0.2) is 0 Å². The molecule has 2 aromatic rings. The molecule has 1 saturated heterocycles. The van der Waals surface area contributed by atoms with Crippen molar-refractivity contribution in [3.05, 3.63) is 48.0 Å². The van der Waals surface area contributed by atoms with E-state index in [4.69, 9.17) is 4.74 Å². The van der Waals surface area contributed by atoms with Crippen LogP contribution < -0.4 is 4.74 Å². The van der Waals surface area contributed by atoms with Crippen molar-refractivity contribution >= 4 is 0 Å². The number of H-pyrrole nitrogens is 1. The van der Waals surface area contributed by atoms with E-state index in [1.54, 1.807) is 13.3 Å². The fourth-order valence-electron chi connectivity index (χ4n) is 3.14. The van der Waals surface area contributed by atoms with Crippen LogP contribution in [0.2, 0.25) is 0 Å². The second kappa shape index (κ2) is 6.94. The molecule has 2 N–H and O–H groups in total. The number of aliphatic hydroxyl groups is 1. The molecule has 0 radical (unpaired) electrons. The van der Waals surface area contributed by atoms with Gasteiger partial charge in [0, 0.05) is 31.4 Å². The Morgan fingerprint density at radius 3 is 3.18 bits per heavy atom. The van der Waals surface area contributed by atoms with Crippen molar-refractivity contribution in [1.82, 2.24) is 14.9 Å². The summed E-state index contributed by atoms with van der Waals surface area (Å²) < 4.78 is 5.22. The Labute approximate surface area is 130 Å². The van der Waals surface area contributed by atoms with Gasteiger partial charge >= 0.3 is 0 Å². The Hall–Kier alpha value is -1.85. The second-order valence-electron chi connectivity index (χ2n) is 5.87. The van der Waals surface area contributed by atoms with Crippen molar-refractivity contribution in [2.45, 2.75) is 24.9 Å². The molecule has 5 nitrogen and oxygen atoms in total. The average Bonchev–Trinajstić information content (AvgIpc) is 3.10. The number of benzene rings is 1. The molecule has 0 bridgehead atoms. The van der Waals surface area contributed by atoms with Gasteiger partial charge in [-0.1, -0.05) is 12.1 Å². The van der Waals surface area contributed by atoms with E-state index < -0.39 is 6.10 Å². The van der Waals surface area contributed by atoms with E-state index >= 15 is 0 Å². The first-order chi connectivity index (χ1) is 10.8. The van der Waals surface area contributed by atoms with Crippen molar-refractivity contribution in [2.75, 3.05) is 26.7 Å². The molecule has 1 aromatic heterocycles. The van der Waals surface area contributed by atoms with Gasteiger partial charge in [0.1, 0.15) is 11.6 Å². The minimum atomic E-state index is -0.495. The van der Waals surface area contributed by atoms with Crippen molar-refractivity contribution in [1.29, 1.82) is 0 Å². The van der Waals surface area contributed by atoms with Crippen LogP contribution in [0.15, 0.2) is 36.7 Å². The number of likely N-dealkylation sites (tertiary alicyclic amines) is 1. The van der Waals surface area contributed by atoms with Crippen LogP contribution >= 0.6 is 0 Å². The van der Waals surface area contributed by atoms with Crippen LogP contribution in [0.25, 0.3) is 0 Å². The first kappa shape index (κ1) is 15.1. The summed E-state index contributed by atoms with van der Waals surface area (Å²) in [4.78, 5) is 9.90. The number of β-amino-alcohol motifs (C(OH)–C–C–N with tert-alkyl or cyclic N) is 1. The lowest BCUT2D eigenvalue weighted by Crippen LogP contribution is -2.37. The fourth-order valence-corrected chi connectivity index (χ4v) is 3.14. The highest BCUT2D eigenvalue weighted by atomic mass is 16.5. The molecule has 1 aromatic carbocycles. The number of nitrogens with zero attached hydrogens (tertiary/aromatic N) is 2. The number of imidazole rings is 1. The van der Waals surface area contributed by atoms with Crippen molar-refractivity contribution in [3.8, 4) is 5.75 Å². The maximum Gasteiger partial charge on any atom is 0.119 e. The highest BCUT2D eigenvalue weighted by Crippen LogP contribution is 2.26. The number of nitrogens with one attached hydrogen (secondary N) is 1. The van der Waals surface area contributed by atoms with Gasteiger partial charge in [0.05, 0.1) is 13.2 Å². The number of ether oxygens (including phenoxy) is 1. The van der Waals surface area contributed by atoms with Crippen molar-refractivity contribution in [3.63, 3.8) is 0 Å². The molecule has 22 heavy (non-hydrogen) atoms. The van der Waals surface area contributed by atoms with Gasteiger partial charge in [0.2, 0.25) is 0 Å². The van der Waals surface area contributed by atoms with Crippen LogP contribution in [-0.2, 0) is 0 Å². The fraction of sp³-hybridized carbons (Fsp3) is 0.471. The minimum Gasteiger partial charge on any atom is -0.497 e. The summed E-state index contributed by atoms with van der Waals surface area (Å²) in [5, 5.41) is 10.5. The number of aromatic amines is 1. The summed E-state index contributed by atoms with van der Waals surface area (Å²) in [7, 11) is 1.64. The normalized spacial score (nSPS) is 20.7. The lowest BCUT2D eigenvalue weighted by atomic mass is 9.96. The smallest absolute Gasteiger partial charge is 0.119 e. The van der Waals surface area contributed by atoms with Crippen LogP contribution in [-0.4, -0.2) is 46.7 Å². The van der Waals surface area contributed by atoms with E-state index in [1.165, 1.54) is 0 Å². The van der Waals surface area contributed by atoms with Crippen molar-refractivity contribution in [2.24, 2.45) is 0 Å². The lowest BCUT2D eigenvalue weighted by Gasteiger charge is -2.33. The molecule has 3 rings (SSSR count). The molecule has 2 heterocycles. The van der Waals surface area contributed by atoms with Gasteiger partial charge in [-0.25, -0.2) is 4.98 Å². The Morgan fingerprint density at radius 1 is 1.50 bits per heavy atom. The van der Waals surface area contributed by atoms with Crippen LogP contribution in [0.3, 0.4) is 0 Å². The Kier molecular flexibility index (Phi) is 4.75. The van der Waals surface area contributed by atoms with E-state index in [-0.39, 0.29) is 0 Å². The predicted octanol–water partition coefficient (Wildman–Crippen LogP) is 2.33. The number of aromatic nitrogens is 2. The molecular weight excluding hydrogens is 278 g/mol. The molecule has 0 amide bonds. The summed E-state index contributed by atoms with van der Waals surface area (Å²) in [6.45, 7) is 2.61. The maximum atomic E-state index is 10.5. The third kappa shape index (κ3) is 3.48. The zero-order chi connectivity index (χ0) is 15.4. The zero-order valence-electron chi connectivity index (χ0n) is 12.9. The first-order valence-electron chi connectivity index (χ1n) is 7.80. The summed E-state index contributed by atoms with van der Waals surface area (Å²) in [5.41, 5.74) is 0.902. The monoisotopic (exact) mass is 301 g/mol. The largest absolute Gasteiger partial charge is 0.497 e. The van der Waals surface area contributed by atoms with Gasteiger partial charge in [0.25, 0.3) is 0 Å². The summed E-state index contributed by atoms with van der Waals surface area (Å²) in [6.07, 6.45) is 5.47. The molecule has 1 fully saturated rings. The van der Waals surface area contributed by atoms with Crippen LogP contribution in [0.5, 0.6) is 5.75 Å². The molecule has 0 spiro atoms. The molecule has 0 saturated carbocycles. The van der Waals surface area contributed by atoms with E-state index in [2.05, 4.69) is 14.9 Å². The van der Waals surface area contributed by atoms with E-state index in [9.17, 15) is 5.11 Å². The molecule has 1 aliphatic heterocycles. The van der Waals surface area contributed by atoms with Gasteiger partial charge < -0.3 is 14.8 Å². The Bertz CT molecular complexity index is 585. The third-order valence-corrected chi connectivity index (χ3v) is 4.32. The van der Waals surface area contributed by atoms with E-state index in [0.29, 0.717) is 12.5 Å². The molecule has 1 aliphatic rings. The highest BCUT2D eigenvalue weighted by molar-refractivity contribution is 5.29. The number of hydrogen-bond acceptors (Lipinski definition) is 4. The maximum absolute atomic E-state index is 10.5. The highest BCUT2D eigenvalue weighted by Gasteiger charge is 2.24. The number of rotatable bonds is 5. The molecular formula is C17H23N3O2. The topological polar surface area (TPSA) is 61.4 Å². The standard InChI is InChI=1S/C17H23N3O2/c1-22-15-6-2-4-13(10-15)16(21)12-20-9-3-5-14(11-20)17-18-7-8-19-17/h2,4,6-8,10,14,16,21H,3,5,9,11-12H2,1H3,(H,18,19). The van der Waals surface area contributed by atoms with Crippen LogP contribution in [0.4, 0.5) is 0 Å². The first-order valence-corrected chi connectivity index (χ1v) is 7.80. The molecule has 0 aliphatic carbocycles. The number of piperidine rings is 1. The Morgan fingerprint density at radius 2 is 2.41 bits per heavy atom. The van der Waals surface area contributed by atoms with Crippen molar-refractivity contribution < 1.29 is 9.84 Å². The third-order valence-electron chi connectivity index (χ3n) is 4.32. The average molecular weight is 301 g/mol. The van der Waals surface area contributed by atoms with Gasteiger partial charge in [-0.3, -0.25) is 4.90 Å². The lowest BCUT2D eigenvalue weighted by molar-refractivity contribution is 0.0944. The summed E-state index contributed by atoms with van der Waals surface area (Å²) >= 11 is 0. The zero-order valence-corrected chi connectivity index (χ0v) is 12.9. The van der Waals surface area contributed by atoms with E-state index in [1.807, 2.05) is 30.5 Å². The van der Waals surface area contributed by atoms with E-state index in [0.717, 1.165) is 43.1 Å². The Balaban J connectivity index is 1.62. The quantitative estimate of drug-likeness (QED) is 0.890. The summed E-state index contributed by atoms with van der Waals surface area (Å²) in [6, 6.07) is 7.66. The predicted molar refractivity (Wildman–Crippen MR) is 85.0 cm³/mol. The SMILES string of the molecule is COc1cccc(C(O)CN2CCCC(c3ncc[nH]3)C2)c1. The van der Waals surface area contributed by atoms with Gasteiger partial charge in [-0.2, -0.15) is 0 Å². The molecule has 118 valence electrons. The molecule has 2 unspecified atom stereocenters. The van der Waals surface area contributed by atoms with Gasteiger partial charge in [-0.05, 0) is 37.1 Å². The molecule has 2 atom stereocenters. The molecule has 5 heteroatoms. The summed E-state index contributed by atoms with van der Waals surface area (Å²) in [5.74, 6) is 2.27. The number of hydrogen-bond donors (Lipinski definition) is 2. The number of aliphatic hydroxyl groups excluding tert-OH is 1. The van der Waals surface area contributed by atoms with Crippen LogP contribution in [0, 0.1) is 0 Å².